The van der Waals surface area contributed by atoms with E-state index in [0.29, 0.717) is 0 Å². The van der Waals surface area contributed by atoms with Crippen molar-refractivity contribution in [1.29, 1.82) is 0 Å². The maximum Gasteiger partial charge on any atom is 0.144 e. The van der Waals surface area contributed by atoms with Crippen LogP contribution in [-0.4, -0.2) is 23.6 Å². The third-order valence-electron chi connectivity index (χ3n) is 4.16. The maximum atomic E-state index is 5.52. The molecule has 0 atom stereocenters. The quantitative estimate of drug-likeness (QED) is 0.906. The van der Waals surface area contributed by atoms with Gasteiger partial charge in [0.2, 0.25) is 0 Å². The molecule has 1 aromatic carbocycles. The Balaban J connectivity index is 1.81. The van der Waals surface area contributed by atoms with Crippen molar-refractivity contribution in [1.82, 2.24) is 9.97 Å². The molecular weight excluding hydrogens is 250 g/mol. The normalized spacial score (nSPS) is 16.2. The zero-order valence-electron chi connectivity index (χ0n) is 11.7. The van der Waals surface area contributed by atoms with Gasteiger partial charge in [-0.25, -0.2) is 4.98 Å². The van der Waals surface area contributed by atoms with Crippen LogP contribution in [0.1, 0.15) is 24.8 Å². The number of benzene rings is 1. The smallest absolute Gasteiger partial charge is 0.144 e. The van der Waals surface area contributed by atoms with E-state index in [-0.39, 0.29) is 5.41 Å². The summed E-state index contributed by atoms with van der Waals surface area (Å²) in [7, 11) is 1.74. The van der Waals surface area contributed by atoms with Crippen molar-refractivity contribution in [3.05, 3.63) is 48.4 Å². The number of hydrogen-bond acceptors (Lipinski definition) is 4. The highest BCUT2D eigenvalue weighted by Gasteiger charge is 2.40. The van der Waals surface area contributed by atoms with Crippen LogP contribution in [0.5, 0.6) is 5.75 Å². The summed E-state index contributed by atoms with van der Waals surface area (Å²) in [6, 6.07) is 8.32. The van der Waals surface area contributed by atoms with Crippen molar-refractivity contribution in [2.45, 2.75) is 24.7 Å². The molecule has 0 spiro atoms. The number of anilines is 1. The molecule has 20 heavy (non-hydrogen) atoms. The highest BCUT2D eigenvalue weighted by atomic mass is 16.5. The van der Waals surface area contributed by atoms with Crippen LogP contribution < -0.4 is 10.1 Å². The summed E-state index contributed by atoms with van der Waals surface area (Å²) in [6.45, 7) is 0.867. The summed E-state index contributed by atoms with van der Waals surface area (Å²) < 4.78 is 5.52. The molecule has 1 aliphatic carbocycles. The first-order valence-electron chi connectivity index (χ1n) is 6.97. The van der Waals surface area contributed by atoms with Gasteiger partial charge in [-0.1, -0.05) is 24.6 Å². The number of rotatable bonds is 5. The standard InChI is InChI=1S/C16H19N3O/c1-20-14-6-3-2-5-13(14)16(7-4-8-16)12-19-15-11-17-9-10-18-15/h2-3,5-6,9-11H,4,7-8,12H2,1H3,(H,18,19). The maximum absolute atomic E-state index is 5.52. The summed E-state index contributed by atoms with van der Waals surface area (Å²) in [5.41, 5.74) is 1.45. The fourth-order valence-corrected chi connectivity index (χ4v) is 2.88. The first kappa shape index (κ1) is 12.9. The van der Waals surface area contributed by atoms with Gasteiger partial charge in [-0.3, -0.25) is 4.98 Å². The molecule has 1 aromatic heterocycles. The van der Waals surface area contributed by atoms with Gasteiger partial charge in [0.05, 0.1) is 13.3 Å². The monoisotopic (exact) mass is 269 g/mol. The van der Waals surface area contributed by atoms with E-state index in [4.69, 9.17) is 4.74 Å². The lowest BCUT2D eigenvalue weighted by atomic mass is 9.64. The molecule has 0 amide bonds. The second-order valence-corrected chi connectivity index (χ2v) is 5.28. The fourth-order valence-electron chi connectivity index (χ4n) is 2.88. The summed E-state index contributed by atoms with van der Waals surface area (Å²) in [6.07, 6.45) is 8.78. The molecule has 3 rings (SSSR count). The SMILES string of the molecule is COc1ccccc1C1(CNc2cnccn2)CCC1. The average molecular weight is 269 g/mol. The molecule has 0 unspecified atom stereocenters. The molecule has 1 heterocycles. The number of hydrogen-bond donors (Lipinski definition) is 1. The van der Waals surface area contributed by atoms with E-state index in [2.05, 4.69) is 27.4 Å². The van der Waals surface area contributed by atoms with E-state index in [1.165, 1.54) is 24.8 Å². The van der Waals surface area contributed by atoms with Gasteiger partial charge in [0.25, 0.3) is 0 Å². The van der Waals surface area contributed by atoms with Gasteiger partial charge in [0.15, 0.2) is 0 Å². The Morgan fingerprint density at radius 1 is 1.25 bits per heavy atom. The zero-order valence-corrected chi connectivity index (χ0v) is 11.7. The van der Waals surface area contributed by atoms with E-state index in [1.807, 2.05) is 12.1 Å². The Labute approximate surface area is 119 Å². The first-order valence-corrected chi connectivity index (χ1v) is 6.97. The second-order valence-electron chi connectivity index (χ2n) is 5.28. The largest absolute Gasteiger partial charge is 0.496 e. The number of methoxy groups -OCH3 is 1. The second kappa shape index (κ2) is 5.49. The molecule has 2 aromatic rings. The predicted molar refractivity (Wildman–Crippen MR) is 79.0 cm³/mol. The Morgan fingerprint density at radius 3 is 2.75 bits per heavy atom. The molecule has 0 bridgehead atoms. The number of nitrogens with zero attached hydrogens (tertiary/aromatic N) is 2. The van der Waals surface area contributed by atoms with E-state index in [1.54, 1.807) is 25.7 Å². The molecule has 1 aliphatic rings. The number of aromatic nitrogens is 2. The van der Waals surface area contributed by atoms with Gasteiger partial charge in [-0.05, 0) is 18.9 Å². The molecule has 1 fully saturated rings. The van der Waals surface area contributed by atoms with Crippen molar-refractivity contribution in [2.75, 3.05) is 19.0 Å². The molecule has 0 saturated heterocycles. The molecule has 1 saturated carbocycles. The topological polar surface area (TPSA) is 47.0 Å². The van der Waals surface area contributed by atoms with Gasteiger partial charge in [-0.2, -0.15) is 0 Å². The summed E-state index contributed by atoms with van der Waals surface area (Å²) >= 11 is 0. The van der Waals surface area contributed by atoms with Crippen LogP contribution in [-0.2, 0) is 5.41 Å². The van der Waals surface area contributed by atoms with Gasteiger partial charge in [0, 0.05) is 29.9 Å². The van der Waals surface area contributed by atoms with E-state index in [0.717, 1.165) is 18.1 Å². The average Bonchev–Trinajstić information content (AvgIpc) is 2.48. The summed E-state index contributed by atoms with van der Waals surface area (Å²) in [5, 5.41) is 3.41. The van der Waals surface area contributed by atoms with E-state index < -0.39 is 0 Å². The molecule has 104 valence electrons. The van der Waals surface area contributed by atoms with Crippen molar-refractivity contribution in [3.63, 3.8) is 0 Å². The Morgan fingerprint density at radius 2 is 2.10 bits per heavy atom. The third-order valence-corrected chi connectivity index (χ3v) is 4.16. The Hall–Kier alpha value is -2.10. The Bertz CT molecular complexity index is 567. The molecular formula is C16H19N3O. The minimum absolute atomic E-state index is 0.157. The van der Waals surface area contributed by atoms with Crippen LogP contribution >= 0.6 is 0 Å². The lowest BCUT2D eigenvalue weighted by molar-refractivity contribution is 0.250. The zero-order chi connectivity index (χ0) is 13.8. The van der Waals surface area contributed by atoms with Crippen LogP contribution in [0.4, 0.5) is 5.82 Å². The van der Waals surface area contributed by atoms with Gasteiger partial charge in [-0.15, -0.1) is 0 Å². The van der Waals surface area contributed by atoms with Gasteiger partial charge >= 0.3 is 0 Å². The number of nitrogens with one attached hydrogen (secondary N) is 1. The van der Waals surface area contributed by atoms with Crippen LogP contribution in [0.25, 0.3) is 0 Å². The number of para-hydroxylation sites is 1. The summed E-state index contributed by atoms with van der Waals surface area (Å²) in [5.74, 6) is 1.81. The lowest BCUT2D eigenvalue weighted by Gasteiger charge is -2.43. The van der Waals surface area contributed by atoms with Crippen LogP contribution in [0, 0.1) is 0 Å². The number of ether oxygens (including phenoxy) is 1. The van der Waals surface area contributed by atoms with Crippen molar-refractivity contribution < 1.29 is 4.74 Å². The minimum Gasteiger partial charge on any atom is -0.496 e. The molecule has 0 aliphatic heterocycles. The molecule has 4 heteroatoms. The van der Waals surface area contributed by atoms with Crippen LogP contribution in [0.3, 0.4) is 0 Å². The van der Waals surface area contributed by atoms with Crippen molar-refractivity contribution in [2.24, 2.45) is 0 Å². The van der Waals surface area contributed by atoms with Gasteiger partial charge in [0.1, 0.15) is 11.6 Å². The van der Waals surface area contributed by atoms with Crippen LogP contribution in [0.15, 0.2) is 42.9 Å². The molecule has 0 radical (unpaired) electrons. The summed E-state index contributed by atoms with van der Waals surface area (Å²) in [4.78, 5) is 8.36. The van der Waals surface area contributed by atoms with Crippen LogP contribution in [0.2, 0.25) is 0 Å². The Kier molecular flexibility index (Phi) is 3.54. The molecule has 1 N–H and O–H groups in total. The lowest BCUT2D eigenvalue weighted by Crippen LogP contribution is -2.41. The van der Waals surface area contributed by atoms with Crippen molar-refractivity contribution >= 4 is 5.82 Å². The minimum atomic E-state index is 0.157. The highest BCUT2D eigenvalue weighted by Crippen LogP contribution is 2.46. The third kappa shape index (κ3) is 2.33. The highest BCUT2D eigenvalue weighted by molar-refractivity contribution is 5.43. The molecule has 4 nitrogen and oxygen atoms in total. The van der Waals surface area contributed by atoms with Crippen molar-refractivity contribution in [3.8, 4) is 5.75 Å². The van der Waals surface area contributed by atoms with Gasteiger partial charge < -0.3 is 10.1 Å². The van der Waals surface area contributed by atoms with E-state index in [9.17, 15) is 0 Å². The predicted octanol–water partition coefficient (Wildman–Crippen LogP) is 3.02. The fraction of sp³-hybridized carbons (Fsp3) is 0.375. The van der Waals surface area contributed by atoms with E-state index >= 15 is 0 Å². The first-order chi connectivity index (χ1) is 9.84.